The second-order valence-corrected chi connectivity index (χ2v) is 12.0. The Bertz CT molecular complexity index is 1750. The van der Waals surface area contributed by atoms with Crippen LogP contribution in [0.15, 0.2) is 23.8 Å². The largest absolute Gasteiger partial charge is 0.394 e. The van der Waals surface area contributed by atoms with Crippen molar-refractivity contribution in [1.82, 2.24) is 39.0 Å². The van der Waals surface area contributed by atoms with Gasteiger partial charge >= 0.3 is 7.60 Å². The van der Waals surface area contributed by atoms with Gasteiger partial charge in [0, 0.05) is 13.5 Å². The lowest BCUT2D eigenvalue weighted by atomic mass is 10.1. The number of nitrogen functional groups attached to an aromatic ring is 1. The molecule has 232 valence electrons. The third-order valence-electron chi connectivity index (χ3n) is 7.50. The number of nitrogens with zero attached hydrogens (tertiary/aromatic N) is 7. The maximum Gasteiger partial charge on any atom is 0.338 e. The Hall–Kier alpha value is -3.59. The van der Waals surface area contributed by atoms with Gasteiger partial charge in [-0.2, -0.15) is 4.98 Å². The van der Waals surface area contributed by atoms with E-state index in [2.05, 4.69) is 35.2 Å². The monoisotopic (exact) mass is 624 g/mol. The Morgan fingerprint density at radius 3 is 2.44 bits per heavy atom. The highest BCUT2D eigenvalue weighted by Crippen LogP contribution is 2.57. The molecule has 2 saturated heterocycles. The second kappa shape index (κ2) is 11.2. The number of anilines is 2. The van der Waals surface area contributed by atoms with Crippen LogP contribution in [-0.4, -0.2) is 121 Å². The maximum atomic E-state index is 13.5. The van der Waals surface area contributed by atoms with Gasteiger partial charge in [0.05, 0.1) is 32.0 Å². The molecule has 9 atom stereocenters. The lowest BCUT2D eigenvalue weighted by Crippen LogP contribution is -2.34. The molecule has 0 saturated carbocycles. The zero-order chi connectivity index (χ0) is 30.6. The molecular formula is C22H29N10O10P. The third-order valence-corrected chi connectivity index (χ3v) is 9.37. The molecule has 2 fully saturated rings. The van der Waals surface area contributed by atoms with Gasteiger partial charge < -0.3 is 50.4 Å². The topological polar surface area (TPSA) is 291 Å². The van der Waals surface area contributed by atoms with Gasteiger partial charge in [-0.25, -0.2) is 19.9 Å². The van der Waals surface area contributed by atoms with Crippen LogP contribution in [0.5, 0.6) is 0 Å². The van der Waals surface area contributed by atoms with E-state index in [0.717, 1.165) is 10.9 Å². The zero-order valence-electron chi connectivity index (χ0n) is 22.4. The number of ether oxygens (including phenoxy) is 2. The van der Waals surface area contributed by atoms with Gasteiger partial charge in [0.25, 0.3) is 5.56 Å². The highest BCUT2D eigenvalue weighted by atomic mass is 31.2. The number of nitrogens with two attached hydrogens (primary N) is 1. The highest BCUT2D eigenvalue weighted by molar-refractivity contribution is 7.53. The van der Waals surface area contributed by atoms with Crippen LogP contribution in [0, 0.1) is 0 Å². The first kappa shape index (κ1) is 29.5. The average Bonchev–Trinajstić information content (AvgIpc) is 3.73. The highest BCUT2D eigenvalue weighted by Gasteiger charge is 2.55. The van der Waals surface area contributed by atoms with Gasteiger partial charge in [-0.15, -0.1) is 0 Å². The number of aromatic amines is 1. The van der Waals surface area contributed by atoms with Crippen molar-refractivity contribution in [3.8, 4) is 0 Å². The van der Waals surface area contributed by atoms with E-state index in [1.54, 1.807) is 7.05 Å². The number of imidazole rings is 2. The van der Waals surface area contributed by atoms with E-state index in [4.69, 9.17) is 19.7 Å². The molecule has 20 nitrogen and oxygen atoms in total. The fourth-order valence-electron chi connectivity index (χ4n) is 5.40. The van der Waals surface area contributed by atoms with Crippen LogP contribution < -0.4 is 16.6 Å². The number of aliphatic hydroxyl groups is 4. The molecule has 0 aromatic carbocycles. The van der Waals surface area contributed by atoms with Gasteiger partial charge in [-0.1, -0.05) is 0 Å². The summed E-state index contributed by atoms with van der Waals surface area (Å²) in [5.74, 6) is 0.209. The lowest BCUT2D eigenvalue weighted by molar-refractivity contribution is -0.0435. The van der Waals surface area contributed by atoms with E-state index in [1.807, 2.05) is 0 Å². The van der Waals surface area contributed by atoms with Gasteiger partial charge in [0.15, 0.2) is 35.1 Å². The number of aromatic nitrogens is 8. The number of hydrogen-bond donors (Lipinski definition) is 8. The molecule has 6 rings (SSSR count). The van der Waals surface area contributed by atoms with E-state index >= 15 is 0 Å². The summed E-state index contributed by atoms with van der Waals surface area (Å²) in [6, 6.07) is 0. The van der Waals surface area contributed by atoms with Crippen molar-refractivity contribution in [2.24, 2.45) is 0 Å². The van der Waals surface area contributed by atoms with Crippen molar-refractivity contribution in [3.63, 3.8) is 0 Å². The van der Waals surface area contributed by atoms with Crippen molar-refractivity contribution < 1.29 is 43.9 Å². The summed E-state index contributed by atoms with van der Waals surface area (Å²) >= 11 is 0. The molecule has 2 aliphatic rings. The van der Waals surface area contributed by atoms with Crippen molar-refractivity contribution in [3.05, 3.63) is 29.3 Å². The molecule has 0 bridgehead atoms. The third kappa shape index (κ3) is 4.95. The molecule has 43 heavy (non-hydrogen) atoms. The Kier molecular flexibility index (Phi) is 7.65. The first-order valence-corrected chi connectivity index (χ1v) is 14.7. The van der Waals surface area contributed by atoms with Crippen molar-refractivity contribution in [2.45, 2.75) is 55.1 Å². The summed E-state index contributed by atoms with van der Waals surface area (Å²) < 4.78 is 33.0. The van der Waals surface area contributed by atoms with Crippen LogP contribution in [0.1, 0.15) is 18.9 Å². The SMILES string of the molecule is CNc1ncnc2c1ncn2[C@@H]1O[C@H](CCOP(=O)(O)[C@@H]2[C@H](O)[C@@H](CO)O[C@H]2n2cnc3c(=O)[nH]c(N)nc32)[C@@H](O)[C@H]1O. The minimum absolute atomic E-state index is 0.0799. The predicted octanol–water partition coefficient (Wildman–Crippen LogP) is -2.59. The van der Waals surface area contributed by atoms with Crippen LogP contribution in [0.4, 0.5) is 11.8 Å². The van der Waals surface area contributed by atoms with E-state index in [1.165, 1.54) is 17.2 Å². The number of hydrogen-bond acceptors (Lipinski definition) is 16. The number of rotatable bonds is 9. The molecule has 1 unspecified atom stereocenters. The quantitative estimate of drug-likeness (QED) is 0.0886. The second-order valence-electron chi connectivity index (χ2n) is 10.0. The first-order valence-electron chi connectivity index (χ1n) is 13.1. The van der Waals surface area contributed by atoms with E-state index in [-0.39, 0.29) is 23.5 Å². The molecule has 0 spiro atoms. The van der Waals surface area contributed by atoms with Gasteiger partial charge in [0.1, 0.15) is 41.9 Å². The van der Waals surface area contributed by atoms with E-state index in [0.29, 0.717) is 17.0 Å². The van der Waals surface area contributed by atoms with E-state index < -0.39 is 75.0 Å². The summed E-state index contributed by atoms with van der Waals surface area (Å²) in [7, 11) is -3.10. The predicted molar refractivity (Wildman–Crippen MR) is 145 cm³/mol. The lowest BCUT2D eigenvalue weighted by Gasteiger charge is -2.26. The zero-order valence-corrected chi connectivity index (χ0v) is 23.3. The van der Waals surface area contributed by atoms with Crippen molar-refractivity contribution in [1.29, 1.82) is 0 Å². The first-order chi connectivity index (χ1) is 20.6. The minimum atomic E-state index is -4.76. The Morgan fingerprint density at radius 1 is 1.02 bits per heavy atom. The number of fused-ring (bicyclic) bond motifs is 2. The number of aliphatic hydroxyl groups excluding tert-OH is 4. The van der Waals surface area contributed by atoms with Gasteiger partial charge in [-0.05, 0) is 0 Å². The fraction of sp³-hybridized carbons (Fsp3) is 0.545. The summed E-state index contributed by atoms with van der Waals surface area (Å²) in [5, 5.41) is 44.8. The van der Waals surface area contributed by atoms with Gasteiger partial charge in [0.2, 0.25) is 5.95 Å². The Morgan fingerprint density at radius 2 is 1.72 bits per heavy atom. The summed E-state index contributed by atoms with van der Waals surface area (Å²) in [5.41, 5.74) is 3.90. The molecule has 9 N–H and O–H groups in total. The molecule has 4 aromatic rings. The smallest absolute Gasteiger partial charge is 0.338 e. The molecule has 21 heteroatoms. The maximum absolute atomic E-state index is 13.5. The number of nitrogens with one attached hydrogen (secondary N) is 2. The molecule has 6 heterocycles. The van der Waals surface area contributed by atoms with Gasteiger partial charge in [-0.3, -0.25) is 23.5 Å². The minimum Gasteiger partial charge on any atom is -0.394 e. The van der Waals surface area contributed by atoms with Crippen LogP contribution >= 0.6 is 7.60 Å². The standard InChI is InChI=1S/C22H29N10O10P/c1-24-16-10-17(26-5-25-16)31(6-27-10)20-14(36)12(34)8(41-20)2-3-40-43(38,39)15-13(35)9(4-33)42-21(15)32-7-28-11-18(32)29-22(23)30-19(11)37/h5-9,12-15,20-21,33-36H,2-4H2,1H3,(H,38,39)(H,24,25,26)(H3,23,29,30,37)/t8-,9-,12-,13-,14-,15-,20-,21-/m1/s1. The summed E-state index contributed by atoms with van der Waals surface area (Å²) in [6.07, 6.45) is -5.58. The van der Waals surface area contributed by atoms with Crippen LogP contribution in [0.2, 0.25) is 0 Å². The number of H-pyrrole nitrogens is 1. The van der Waals surface area contributed by atoms with Crippen LogP contribution in [0.3, 0.4) is 0 Å². The molecular weight excluding hydrogens is 595 g/mol. The summed E-state index contributed by atoms with van der Waals surface area (Å²) in [6.45, 7) is -1.14. The summed E-state index contributed by atoms with van der Waals surface area (Å²) in [4.78, 5) is 46.0. The normalized spacial score (nSPS) is 30.7. The van der Waals surface area contributed by atoms with Crippen LogP contribution in [-0.2, 0) is 18.6 Å². The Labute approximate surface area is 240 Å². The molecule has 2 aliphatic heterocycles. The fourth-order valence-corrected chi connectivity index (χ4v) is 7.05. The molecule has 0 radical (unpaired) electrons. The average molecular weight is 625 g/mol. The van der Waals surface area contributed by atoms with Crippen LogP contribution in [0.25, 0.3) is 22.3 Å². The molecule has 0 amide bonds. The van der Waals surface area contributed by atoms with E-state index in [9.17, 15) is 34.7 Å². The Balaban J connectivity index is 1.18. The molecule has 0 aliphatic carbocycles. The van der Waals surface area contributed by atoms with Crippen molar-refractivity contribution in [2.75, 3.05) is 31.3 Å². The van der Waals surface area contributed by atoms with Crippen molar-refractivity contribution >= 4 is 41.7 Å². The molecule has 4 aromatic heterocycles.